The van der Waals surface area contributed by atoms with Crippen LogP contribution in [0.4, 0.5) is 10.5 Å². The Hall–Kier alpha value is -5.28. The lowest BCUT2D eigenvalue weighted by Gasteiger charge is -2.50. The van der Waals surface area contributed by atoms with Crippen LogP contribution in [-0.2, 0) is 29.3 Å². The molecule has 9 nitrogen and oxygen atoms in total. The maximum absolute atomic E-state index is 15.3. The molecular weight excluding hydrogens is 632 g/mol. The number of fused-ring (bicyclic) bond motifs is 5. The molecule has 2 aliphatic carbocycles. The van der Waals surface area contributed by atoms with Crippen molar-refractivity contribution in [1.82, 2.24) is 4.90 Å². The van der Waals surface area contributed by atoms with Crippen molar-refractivity contribution >= 4 is 57.8 Å². The highest BCUT2D eigenvalue weighted by molar-refractivity contribution is 6.32. The Morgan fingerprint density at radius 3 is 2.38 bits per heavy atom. The Kier molecular flexibility index (Phi) is 6.82. The van der Waals surface area contributed by atoms with Crippen LogP contribution in [0.15, 0.2) is 103 Å². The average molecular weight is 661 g/mol. The molecule has 0 aromatic heterocycles. The number of hydrogen-bond acceptors (Lipinski definition) is 7. The van der Waals surface area contributed by atoms with Crippen LogP contribution in [0, 0.1) is 23.7 Å². The second-order valence-corrected chi connectivity index (χ2v) is 13.2. The number of imide groups is 4. The number of benzene rings is 4. The summed E-state index contributed by atoms with van der Waals surface area (Å²) in [6, 6.07) is 26.6. The average Bonchev–Trinajstić information content (AvgIpc) is 3.49. The third-order valence-corrected chi connectivity index (χ3v) is 11.0. The number of hydrogen-bond donors (Lipinski definition) is 1. The van der Waals surface area contributed by atoms with Crippen LogP contribution >= 0.6 is 11.6 Å². The number of rotatable bonds is 3. The number of methoxy groups -OCH3 is 1. The summed E-state index contributed by atoms with van der Waals surface area (Å²) in [5.41, 5.74) is 0.449. The standard InChI is InChI=1S/C38H29ClN2O7/c1-48-37(47)41-33(43)26-17-16-25-28(30(26)35(41)45)19-29-34(44)40(23-12-7-11-22(39)18-23)36(46)38(29,21-9-3-2-4-10-21)31(25)27-15-14-20-8-5-6-13-24(20)32(27)42/h2-16,18,26,28-31,42H,17,19H2,1H3/t26-,28+,29-,30-,31+,38+/m0/s1. The Balaban J connectivity index is 1.42. The molecule has 0 bridgehead atoms. The van der Waals surface area contributed by atoms with Crippen LogP contribution in [-0.4, -0.2) is 46.8 Å². The van der Waals surface area contributed by atoms with Crippen molar-refractivity contribution in [3.8, 4) is 5.75 Å². The molecule has 5 amide bonds. The third kappa shape index (κ3) is 3.94. The van der Waals surface area contributed by atoms with E-state index < -0.39 is 64.7 Å². The van der Waals surface area contributed by atoms with Gasteiger partial charge in [-0.2, -0.15) is 4.90 Å². The van der Waals surface area contributed by atoms with E-state index in [1.807, 2.05) is 60.7 Å². The predicted octanol–water partition coefficient (Wildman–Crippen LogP) is 6.13. The summed E-state index contributed by atoms with van der Waals surface area (Å²) in [5.74, 6) is -6.73. The van der Waals surface area contributed by atoms with Crippen LogP contribution in [0.3, 0.4) is 0 Å². The van der Waals surface area contributed by atoms with E-state index in [1.165, 1.54) is 4.90 Å². The van der Waals surface area contributed by atoms with Crippen molar-refractivity contribution in [2.24, 2.45) is 23.7 Å². The highest BCUT2D eigenvalue weighted by Crippen LogP contribution is 2.65. The number of carbonyl (C=O) groups excluding carboxylic acids is 5. The summed E-state index contributed by atoms with van der Waals surface area (Å²) in [5, 5.41) is 13.7. The summed E-state index contributed by atoms with van der Waals surface area (Å²) in [6.07, 6.45) is 1.01. The van der Waals surface area contributed by atoms with Crippen LogP contribution in [0.5, 0.6) is 5.75 Å². The maximum Gasteiger partial charge on any atom is 0.423 e. The van der Waals surface area contributed by atoms with E-state index in [4.69, 9.17) is 16.3 Å². The zero-order valence-corrected chi connectivity index (χ0v) is 26.5. The molecule has 0 unspecified atom stereocenters. The number of amides is 5. The summed E-state index contributed by atoms with van der Waals surface area (Å²) in [4.78, 5) is 71.9. The first-order chi connectivity index (χ1) is 23.2. The molecule has 0 spiro atoms. The molecule has 2 aliphatic heterocycles. The predicted molar refractivity (Wildman–Crippen MR) is 176 cm³/mol. The van der Waals surface area contributed by atoms with Gasteiger partial charge in [-0.3, -0.25) is 19.2 Å². The van der Waals surface area contributed by atoms with E-state index in [1.54, 1.807) is 36.4 Å². The van der Waals surface area contributed by atoms with Crippen LogP contribution in [0.25, 0.3) is 10.8 Å². The molecule has 10 heteroatoms. The molecule has 2 heterocycles. The Labute approximate surface area is 280 Å². The smallest absolute Gasteiger partial charge is 0.423 e. The molecule has 0 radical (unpaired) electrons. The van der Waals surface area contributed by atoms with Gasteiger partial charge in [-0.15, -0.1) is 0 Å². The number of phenols is 1. The third-order valence-electron chi connectivity index (χ3n) is 10.8. The molecule has 4 aromatic rings. The molecule has 4 aliphatic rings. The first-order valence-electron chi connectivity index (χ1n) is 15.8. The Morgan fingerprint density at radius 2 is 1.62 bits per heavy atom. The quantitative estimate of drug-likeness (QED) is 0.207. The number of allylic oxidation sites excluding steroid dienone is 2. The van der Waals surface area contributed by atoms with Gasteiger partial charge < -0.3 is 9.84 Å². The maximum atomic E-state index is 15.3. The molecular formula is C38H29ClN2O7. The number of phenolic OH excluding ortho intramolecular Hbond substituents is 1. The normalized spacial score (nSPS) is 27.9. The molecule has 6 atom stereocenters. The SMILES string of the molecule is COC(=O)N1C(=O)[C@H]2[C@H](CC=C3[C@H]2C[C@H]2C(=O)N(c4cccc(Cl)c4)C(=O)[C@@]2(c2ccccc2)[C@H]3c2ccc3ccccc3c2O)C1=O. The number of anilines is 1. The topological polar surface area (TPSA) is 121 Å². The van der Waals surface area contributed by atoms with Gasteiger partial charge in [-0.05, 0) is 47.9 Å². The fourth-order valence-corrected chi connectivity index (χ4v) is 9.05. The highest BCUT2D eigenvalue weighted by Gasteiger charge is 2.70. The minimum atomic E-state index is -1.54. The van der Waals surface area contributed by atoms with Gasteiger partial charge in [-0.1, -0.05) is 96.0 Å². The van der Waals surface area contributed by atoms with E-state index in [-0.39, 0.29) is 18.6 Å². The fourth-order valence-electron chi connectivity index (χ4n) is 8.86. The van der Waals surface area contributed by atoms with E-state index in [0.29, 0.717) is 37.7 Å². The van der Waals surface area contributed by atoms with E-state index in [9.17, 15) is 24.3 Å². The lowest BCUT2D eigenvalue weighted by molar-refractivity contribution is -0.138. The van der Waals surface area contributed by atoms with Crippen molar-refractivity contribution in [1.29, 1.82) is 0 Å². The lowest BCUT2D eigenvalue weighted by atomic mass is 9.49. The first-order valence-corrected chi connectivity index (χ1v) is 16.1. The number of ether oxygens (including phenoxy) is 1. The molecule has 3 fully saturated rings. The van der Waals surface area contributed by atoms with Gasteiger partial charge in [-0.25, -0.2) is 9.69 Å². The zero-order valence-electron chi connectivity index (χ0n) is 25.7. The van der Waals surface area contributed by atoms with Crippen LogP contribution in [0.2, 0.25) is 5.02 Å². The summed E-state index contributed by atoms with van der Waals surface area (Å²) in [6.45, 7) is 0. The lowest BCUT2D eigenvalue weighted by Crippen LogP contribution is -2.53. The van der Waals surface area contributed by atoms with Gasteiger partial charge in [0.2, 0.25) is 23.6 Å². The van der Waals surface area contributed by atoms with Crippen molar-refractivity contribution in [2.75, 3.05) is 12.0 Å². The number of halogens is 1. The van der Waals surface area contributed by atoms with E-state index >= 15 is 4.79 Å². The largest absolute Gasteiger partial charge is 0.507 e. The van der Waals surface area contributed by atoms with Crippen LogP contribution < -0.4 is 4.90 Å². The molecule has 8 rings (SSSR count). The van der Waals surface area contributed by atoms with Crippen molar-refractivity contribution in [3.05, 3.63) is 119 Å². The highest BCUT2D eigenvalue weighted by atomic mass is 35.5. The number of carbonyl (C=O) groups is 5. The zero-order chi connectivity index (χ0) is 33.5. The fraction of sp³-hybridized carbons (Fsp3) is 0.237. The molecule has 48 heavy (non-hydrogen) atoms. The summed E-state index contributed by atoms with van der Waals surface area (Å²) >= 11 is 6.36. The number of nitrogens with zero attached hydrogens (tertiary/aromatic N) is 2. The molecule has 1 saturated carbocycles. The van der Waals surface area contributed by atoms with Gasteiger partial charge in [0.05, 0.1) is 36.0 Å². The molecule has 240 valence electrons. The van der Waals surface area contributed by atoms with Crippen molar-refractivity contribution < 1.29 is 33.8 Å². The second-order valence-electron chi connectivity index (χ2n) is 12.8. The minimum Gasteiger partial charge on any atom is -0.507 e. The number of aromatic hydroxyl groups is 1. The van der Waals surface area contributed by atoms with Gasteiger partial charge in [0, 0.05) is 21.9 Å². The number of likely N-dealkylation sites (tertiary alicyclic amines) is 1. The Bertz CT molecular complexity index is 2110. The summed E-state index contributed by atoms with van der Waals surface area (Å²) < 4.78 is 4.79. The van der Waals surface area contributed by atoms with Gasteiger partial charge in [0.1, 0.15) is 5.75 Å². The van der Waals surface area contributed by atoms with Gasteiger partial charge >= 0.3 is 6.09 Å². The minimum absolute atomic E-state index is 0.0395. The summed E-state index contributed by atoms with van der Waals surface area (Å²) in [7, 11) is 1.11. The van der Waals surface area contributed by atoms with Gasteiger partial charge in [0.15, 0.2) is 0 Å². The van der Waals surface area contributed by atoms with Crippen molar-refractivity contribution in [2.45, 2.75) is 24.2 Å². The second kappa shape index (κ2) is 10.9. The molecule has 2 saturated heterocycles. The van der Waals surface area contributed by atoms with Crippen molar-refractivity contribution in [3.63, 3.8) is 0 Å². The monoisotopic (exact) mass is 660 g/mol. The first kappa shape index (κ1) is 30.1. The Morgan fingerprint density at radius 1 is 0.875 bits per heavy atom. The molecule has 1 N–H and O–H groups in total. The molecule has 4 aromatic carbocycles. The van der Waals surface area contributed by atoms with E-state index in [2.05, 4.69) is 0 Å². The van der Waals surface area contributed by atoms with Crippen LogP contribution in [0.1, 0.15) is 29.9 Å². The van der Waals surface area contributed by atoms with E-state index in [0.717, 1.165) is 12.5 Å². The van der Waals surface area contributed by atoms with Gasteiger partial charge in [0.25, 0.3) is 0 Å².